The molecule has 0 radical (unpaired) electrons. The van der Waals surface area contributed by atoms with Crippen molar-refractivity contribution in [2.24, 2.45) is 0 Å². The van der Waals surface area contributed by atoms with Crippen LogP contribution in [0.4, 0.5) is 0 Å². The van der Waals surface area contributed by atoms with Crippen molar-refractivity contribution in [1.29, 1.82) is 0 Å². The molecule has 0 bridgehead atoms. The molecule has 2 nitrogen and oxygen atoms in total. The highest BCUT2D eigenvalue weighted by Crippen LogP contribution is 2.25. The summed E-state index contributed by atoms with van der Waals surface area (Å²) in [5.74, 6) is 0.761. The molecule has 98 valence electrons. The van der Waals surface area contributed by atoms with Crippen molar-refractivity contribution in [1.82, 2.24) is 5.32 Å². The summed E-state index contributed by atoms with van der Waals surface area (Å²) in [5, 5.41) is 4.11. The third-order valence-corrected chi connectivity index (χ3v) is 2.86. The summed E-state index contributed by atoms with van der Waals surface area (Å²) in [7, 11) is 0. The van der Waals surface area contributed by atoms with Crippen LogP contribution in [-0.4, -0.2) is 12.6 Å². The van der Waals surface area contributed by atoms with Crippen molar-refractivity contribution in [3.63, 3.8) is 0 Å². The number of ether oxygens (including phenoxy) is 1. The molecule has 1 atom stereocenters. The van der Waals surface area contributed by atoms with E-state index in [2.05, 4.69) is 19.2 Å². The topological polar surface area (TPSA) is 21.3 Å². The molecule has 1 aromatic rings. The van der Waals surface area contributed by atoms with E-state index in [1.165, 1.54) is 5.56 Å². The Morgan fingerprint density at radius 1 is 1.35 bits per heavy atom. The zero-order valence-corrected chi connectivity index (χ0v) is 12.1. The van der Waals surface area contributed by atoms with E-state index in [1.807, 2.05) is 25.1 Å². The minimum atomic E-state index is 0. The lowest BCUT2D eigenvalue weighted by atomic mass is 10.2. The smallest absolute Gasteiger partial charge is 0.137 e. The summed E-state index contributed by atoms with van der Waals surface area (Å²) in [6.45, 7) is 7.79. The van der Waals surface area contributed by atoms with Crippen LogP contribution in [-0.2, 0) is 6.54 Å². The van der Waals surface area contributed by atoms with Gasteiger partial charge in [0.2, 0.25) is 0 Å². The Bertz CT molecular complexity index is 331. The normalized spacial score (nSPS) is 11.8. The number of nitrogens with one attached hydrogen (secondary N) is 1. The van der Waals surface area contributed by atoms with E-state index in [-0.39, 0.29) is 12.4 Å². The maximum atomic E-state index is 6.10. The van der Waals surface area contributed by atoms with E-state index < -0.39 is 0 Å². The molecule has 0 heterocycles. The number of halogens is 2. The van der Waals surface area contributed by atoms with Gasteiger partial charge >= 0.3 is 0 Å². The lowest BCUT2D eigenvalue weighted by Crippen LogP contribution is -3.00. The Balaban J connectivity index is 0.00000256. The second-order valence-electron chi connectivity index (χ2n) is 3.89. The quantitative estimate of drug-likeness (QED) is 0.823. The monoisotopic (exact) mass is 276 g/mol. The van der Waals surface area contributed by atoms with Gasteiger partial charge in [-0.15, -0.1) is 0 Å². The maximum absolute atomic E-state index is 6.10. The SMILES string of the molecule is CCOc1ccc(CNC(C)CC)cc1Cl.[Cl-]. The van der Waals surface area contributed by atoms with Gasteiger partial charge in [0.05, 0.1) is 11.6 Å². The molecule has 17 heavy (non-hydrogen) atoms. The Kier molecular flexibility index (Phi) is 8.40. The zero-order chi connectivity index (χ0) is 12.0. The van der Waals surface area contributed by atoms with Crippen LogP contribution in [0.1, 0.15) is 32.8 Å². The molecule has 1 aromatic carbocycles. The van der Waals surface area contributed by atoms with Crippen LogP contribution in [0.3, 0.4) is 0 Å². The third kappa shape index (κ3) is 5.62. The summed E-state index contributed by atoms with van der Waals surface area (Å²) in [6.07, 6.45) is 1.13. The second-order valence-corrected chi connectivity index (χ2v) is 4.30. The number of rotatable bonds is 6. The first kappa shape index (κ1) is 16.6. The lowest BCUT2D eigenvalue weighted by Gasteiger charge is -2.12. The molecule has 4 heteroatoms. The van der Waals surface area contributed by atoms with Gasteiger partial charge in [-0.25, -0.2) is 0 Å². The van der Waals surface area contributed by atoms with Crippen molar-refractivity contribution in [2.75, 3.05) is 6.61 Å². The molecule has 1 unspecified atom stereocenters. The minimum absolute atomic E-state index is 0. The minimum Gasteiger partial charge on any atom is -1.00 e. The first-order chi connectivity index (χ1) is 7.67. The highest BCUT2D eigenvalue weighted by atomic mass is 35.5. The van der Waals surface area contributed by atoms with E-state index >= 15 is 0 Å². The van der Waals surface area contributed by atoms with E-state index in [1.54, 1.807) is 0 Å². The molecule has 1 rings (SSSR count). The molecular weight excluding hydrogens is 257 g/mol. The van der Waals surface area contributed by atoms with Gasteiger partial charge in [0.25, 0.3) is 0 Å². The van der Waals surface area contributed by atoms with Crippen LogP contribution >= 0.6 is 11.6 Å². The van der Waals surface area contributed by atoms with Crippen molar-refractivity contribution >= 4 is 11.6 Å². The second kappa shape index (κ2) is 8.62. The predicted molar refractivity (Wildman–Crippen MR) is 69.2 cm³/mol. The van der Waals surface area contributed by atoms with Gasteiger partial charge in [-0.05, 0) is 38.0 Å². The molecule has 0 saturated carbocycles. The summed E-state index contributed by atoms with van der Waals surface area (Å²) in [5.41, 5.74) is 1.19. The number of benzene rings is 1. The van der Waals surface area contributed by atoms with Crippen LogP contribution in [0.15, 0.2) is 18.2 Å². The maximum Gasteiger partial charge on any atom is 0.137 e. The van der Waals surface area contributed by atoms with Crippen LogP contribution < -0.4 is 22.5 Å². The molecule has 0 saturated heterocycles. The fraction of sp³-hybridized carbons (Fsp3) is 0.538. The fourth-order valence-electron chi connectivity index (χ4n) is 1.36. The molecule has 0 aliphatic rings. The van der Waals surface area contributed by atoms with E-state index in [9.17, 15) is 0 Å². The first-order valence-corrected chi connectivity index (χ1v) is 6.19. The third-order valence-electron chi connectivity index (χ3n) is 2.56. The molecule has 1 N–H and O–H groups in total. The average Bonchev–Trinajstić information content (AvgIpc) is 2.29. The highest BCUT2D eigenvalue weighted by molar-refractivity contribution is 6.32. The Hall–Kier alpha value is -0.440. The number of hydrogen-bond acceptors (Lipinski definition) is 2. The lowest BCUT2D eigenvalue weighted by molar-refractivity contribution is -0.00000400. The predicted octanol–water partition coefficient (Wildman–Crippen LogP) is 0.631. The summed E-state index contributed by atoms with van der Waals surface area (Å²) < 4.78 is 5.39. The Labute approximate surface area is 115 Å². The molecule has 0 aliphatic carbocycles. The standard InChI is InChI=1S/C13H20ClNO.ClH/c1-4-10(3)15-9-11-6-7-13(16-5-2)12(14)8-11;/h6-8,10,15H,4-5,9H2,1-3H3;1H/p-1. The van der Waals surface area contributed by atoms with Crippen molar-refractivity contribution < 1.29 is 17.1 Å². The van der Waals surface area contributed by atoms with Gasteiger partial charge in [-0.2, -0.15) is 0 Å². The molecule has 0 spiro atoms. The summed E-state index contributed by atoms with van der Waals surface area (Å²) in [4.78, 5) is 0. The van der Waals surface area contributed by atoms with Crippen molar-refractivity contribution in [3.8, 4) is 5.75 Å². The van der Waals surface area contributed by atoms with Gasteiger partial charge in [0.15, 0.2) is 0 Å². The van der Waals surface area contributed by atoms with Crippen LogP contribution in [0.2, 0.25) is 5.02 Å². The van der Waals surface area contributed by atoms with Crippen molar-refractivity contribution in [3.05, 3.63) is 28.8 Å². The molecule has 0 aromatic heterocycles. The Morgan fingerprint density at radius 2 is 2.06 bits per heavy atom. The van der Waals surface area contributed by atoms with Crippen LogP contribution in [0, 0.1) is 0 Å². The van der Waals surface area contributed by atoms with Crippen LogP contribution in [0.5, 0.6) is 5.75 Å². The fourth-order valence-corrected chi connectivity index (χ4v) is 1.62. The van der Waals surface area contributed by atoms with Gasteiger partial charge in [-0.3, -0.25) is 0 Å². The molecule has 0 fully saturated rings. The molecular formula is C13H20Cl2NO-. The first-order valence-electron chi connectivity index (χ1n) is 5.82. The van der Waals surface area contributed by atoms with E-state index in [0.717, 1.165) is 18.7 Å². The van der Waals surface area contributed by atoms with Gasteiger partial charge in [0.1, 0.15) is 5.75 Å². The highest BCUT2D eigenvalue weighted by Gasteiger charge is 2.03. The zero-order valence-electron chi connectivity index (χ0n) is 10.6. The Morgan fingerprint density at radius 3 is 2.59 bits per heavy atom. The van der Waals surface area contributed by atoms with Crippen molar-refractivity contribution in [2.45, 2.75) is 39.8 Å². The van der Waals surface area contributed by atoms with Gasteiger partial charge in [0, 0.05) is 12.6 Å². The summed E-state index contributed by atoms with van der Waals surface area (Å²) in [6, 6.07) is 6.47. The average molecular weight is 277 g/mol. The van der Waals surface area contributed by atoms with Gasteiger partial charge < -0.3 is 22.5 Å². The largest absolute Gasteiger partial charge is 1.00 e. The van der Waals surface area contributed by atoms with Crippen LogP contribution in [0.25, 0.3) is 0 Å². The molecule has 0 amide bonds. The number of hydrogen-bond donors (Lipinski definition) is 1. The van der Waals surface area contributed by atoms with E-state index in [4.69, 9.17) is 16.3 Å². The summed E-state index contributed by atoms with van der Waals surface area (Å²) >= 11 is 6.10. The van der Waals surface area contributed by atoms with E-state index in [0.29, 0.717) is 17.7 Å². The van der Waals surface area contributed by atoms with Gasteiger partial charge in [-0.1, -0.05) is 24.6 Å². The molecule has 0 aliphatic heterocycles.